The molecule has 0 saturated heterocycles. The molecule has 0 aromatic heterocycles. The fraction of sp³-hybridized carbons (Fsp3) is 0.276. The molecule has 2 atom stereocenters. The van der Waals surface area contributed by atoms with E-state index in [1.54, 1.807) is 12.1 Å². The molecule has 0 radical (unpaired) electrons. The Morgan fingerprint density at radius 1 is 0.833 bits per heavy atom. The molecule has 0 saturated carbocycles. The van der Waals surface area contributed by atoms with Crippen LogP contribution in [0.3, 0.4) is 0 Å². The van der Waals surface area contributed by atoms with E-state index in [-0.39, 0.29) is 18.7 Å². The number of hydrogen-bond acceptors (Lipinski definition) is 4. The van der Waals surface area contributed by atoms with Crippen molar-refractivity contribution >= 4 is 17.8 Å². The number of aliphatic carboxylic acids is 1. The summed E-state index contributed by atoms with van der Waals surface area (Å²) >= 11 is 0. The van der Waals surface area contributed by atoms with Crippen molar-refractivity contribution in [2.24, 2.45) is 11.5 Å². The van der Waals surface area contributed by atoms with Crippen molar-refractivity contribution < 1.29 is 19.5 Å². The van der Waals surface area contributed by atoms with Gasteiger partial charge in [0.05, 0.1) is 18.4 Å². The van der Waals surface area contributed by atoms with Gasteiger partial charge in [-0.05, 0) is 48.6 Å². The van der Waals surface area contributed by atoms with E-state index in [0.717, 1.165) is 22.3 Å². The van der Waals surface area contributed by atoms with Crippen molar-refractivity contribution in [1.82, 2.24) is 4.90 Å². The summed E-state index contributed by atoms with van der Waals surface area (Å²) in [6.07, 6.45) is 0.806. The molecule has 5 N–H and O–H groups in total. The summed E-state index contributed by atoms with van der Waals surface area (Å²) in [5.41, 5.74) is 14.1. The lowest BCUT2D eigenvalue weighted by molar-refractivity contribution is -0.153. The molecule has 3 aromatic carbocycles. The minimum atomic E-state index is -1.08. The zero-order valence-corrected chi connectivity index (χ0v) is 20.4. The van der Waals surface area contributed by atoms with Gasteiger partial charge in [-0.3, -0.25) is 9.59 Å². The molecule has 0 heterocycles. The highest BCUT2D eigenvalue weighted by atomic mass is 16.4. The quantitative estimate of drug-likeness (QED) is 0.360. The van der Waals surface area contributed by atoms with E-state index in [0.29, 0.717) is 13.0 Å². The number of carboxylic acid groups (broad SMARTS) is 1. The van der Waals surface area contributed by atoms with Crippen molar-refractivity contribution in [3.05, 3.63) is 107 Å². The van der Waals surface area contributed by atoms with Crippen LogP contribution in [0.1, 0.15) is 54.0 Å². The molecule has 0 aliphatic heterocycles. The van der Waals surface area contributed by atoms with Gasteiger partial charge < -0.3 is 21.5 Å². The summed E-state index contributed by atoms with van der Waals surface area (Å²) in [4.78, 5) is 39.6. The average Bonchev–Trinajstić information content (AvgIpc) is 2.87. The van der Waals surface area contributed by atoms with Crippen molar-refractivity contribution in [1.29, 1.82) is 0 Å². The number of amides is 2. The number of benzene rings is 3. The second-order valence-electron chi connectivity index (χ2n) is 8.85. The highest BCUT2D eigenvalue weighted by Gasteiger charge is 2.38. The maximum atomic E-state index is 14.4. The van der Waals surface area contributed by atoms with Gasteiger partial charge >= 0.3 is 5.97 Å². The first kappa shape index (κ1) is 26.6. The van der Waals surface area contributed by atoms with Gasteiger partial charge in [0.15, 0.2) is 0 Å². The van der Waals surface area contributed by atoms with Crippen LogP contribution >= 0.6 is 0 Å². The summed E-state index contributed by atoms with van der Waals surface area (Å²) in [7, 11) is 0. The van der Waals surface area contributed by atoms with Gasteiger partial charge in [-0.15, -0.1) is 0 Å². The van der Waals surface area contributed by atoms with Gasteiger partial charge in [-0.25, -0.2) is 4.79 Å². The predicted molar refractivity (Wildman–Crippen MR) is 139 cm³/mol. The molecular formula is C29H33N3O4. The van der Waals surface area contributed by atoms with Gasteiger partial charge in [-0.1, -0.05) is 84.9 Å². The van der Waals surface area contributed by atoms with Crippen LogP contribution in [0.2, 0.25) is 0 Å². The van der Waals surface area contributed by atoms with Crippen molar-refractivity contribution in [2.75, 3.05) is 6.54 Å². The van der Waals surface area contributed by atoms with Gasteiger partial charge in [-0.2, -0.15) is 0 Å². The van der Waals surface area contributed by atoms with E-state index < -0.39 is 29.9 Å². The molecule has 0 spiro atoms. The molecule has 188 valence electrons. The minimum Gasteiger partial charge on any atom is -0.480 e. The number of nitrogens with zero attached hydrogens (tertiary/aromatic N) is 1. The third-order valence-corrected chi connectivity index (χ3v) is 6.33. The van der Waals surface area contributed by atoms with Crippen LogP contribution in [-0.2, 0) is 20.8 Å². The summed E-state index contributed by atoms with van der Waals surface area (Å²) in [5.74, 6) is -2.49. The second-order valence-corrected chi connectivity index (χ2v) is 8.85. The van der Waals surface area contributed by atoms with E-state index >= 15 is 0 Å². The first-order valence-electron chi connectivity index (χ1n) is 12.1. The van der Waals surface area contributed by atoms with Gasteiger partial charge in [0, 0.05) is 0 Å². The molecule has 3 aromatic rings. The lowest BCUT2D eigenvalue weighted by atomic mass is 9.88. The fourth-order valence-corrected chi connectivity index (χ4v) is 4.50. The first-order valence-corrected chi connectivity index (χ1v) is 12.1. The normalized spacial score (nSPS) is 12.6. The van der Waals surface area contributed by atoms with Crippen molar-refractivity contribution in [3.63, 3.8) is 0 Å². The lowest BCUT2D eigenvalue weighted by Crippen LogP contribution is -2.48. The number of nitrogens with two attached hydrogens (primary N) is 2. The molecular weight excluding hydrogens is 454 g/mol. The summed E-state index contributed by atoms with van der Waals surface area (Å²) < 4.78 is 0. The number of primary amides is 1. The largest absolute Gasteiger partial charge is 0.480 e. The lowest BCUT2D eigenvalue weighted by Gasteiger charge is -2.37. The molecule has 0 aliphatic rings. The zero-order valence-electron chi connectivity index (χ0n) is 20.4. The first-order chi connectivity index (χ1) is 17.3. The molecule has 36 heavy (non-hydrogen) atoms. The van der Waals surface area contributed by atoms with Crippen LogP contribution in [0.15, 0.2) is 84.9 Å². The molecule has 3 rings (SSSR count). The summed E-state index contributed by atoms with van der Waals surface area (Å²) in [5, 5.41) is 10.2. The average molecular weight is 488 g/mol. The number of carboxylic acids is 1. The Hall–Kier alpha value is -3.97. The topological polar surface area (TPSA) is 127 Å². The van der Waals surface area contributed by atoms with E-state index in [9.17, 15) is 19.5 Å². The van der Waals surface area contributed by atoms with Gasteiger partial charge in [0.2, 0.25) is 11.8 Å². The van der Waals surface area contributed by atoms with Crippen LogP contribution in [0.4, 0.5) is 0 Å². The highest BCUT2D eigenvalue weighted by molar-refractivity contribution is 5.91. The Labute approximate surface area is 211 Å². The molecule has 7 nitrogen and oxygen atoms in total. The number of carbonyl (C=O) groups is 3. The highest BCUT2D eigenvalue weighted by Crippen LogP contribution is 2.33. The molecule has 2 amide bonds. The third-order valence-electron chi connectivity index (χ3n) is 6.33. The van der Waals surface area contributed by atoms with Gasteiger partial charge in [0.1, 0.15) is 6.04 Å². The Morgan fingerprint density at radius 3 is 1.81 bits per heavy atom. The van der Waals surface area contributed by atoms with Crippen molar-refractivity contribution in [2.45, 2.75) is 44.2 Å². The van der Waals surface area contributed by atoms with E-state index in [1.807, 2.05) is 79.7 Å². The maximum Gasteiger partial charge on any atom is 0.326 e. The van der Waals surface area contributed by atoms with Crippen LogP contribution < -0.4 is 11.5 Å². The Kier molecular flexibility index (Phi) is 9.36. The maximum absolute atomic E-state index is 14.4. The SMILES string of the molecule is C[C@H](c1ccc(CC(N)=O)cc1)N(C(=O)C(c1ccccc1)c1ccccc1)[C@H](CCCN)C(=O)O. The monoisotopic (exact) mass is 487 g/mol. The Morgan fingerprint density at radius 2 is 1.36 bits per heavy atom. The predicted octanol–water partition coefficient (Wildman–Crippen LogP) is 3.63. The Bertz CT molecular complexity index is 1110. The fourth-order valence-electron chi connectivity index (χ4n) is 4.50. The molecule has 0 aliphatic carbocycles. The minimum absolute atomic E-state index is 0.107. The Balaban J connectivity index is 2.09. The standard InChI is InChI=1S/C29H33N3O4/c1-20(22-16-14-21(15-17-22)19-26(31)33)32(25(29(35)36)13-8-18-30)28(34)27(23-9-4-2-5-10-23)24-11-6-3-7-12-24/h2-7,9-12,14-17,20,25,27H,8,13,18-19,30H2,1H3,(H2,31,33)(H,35,36)/t20-,25-/m1/s1. The third kappa shape index (κ3) is 6.58. The zero-order chi connectivity index (χ0) is 26.1. The number of hydrogen-bond donors (Lipinski definition) is 3. The van der Waals surface area contributed by atoms with Crippen LogP contribution in [0.5, 0.6) is 0 Å². The molecule has 7 heteroatoms. The summed E-state index contributed by atoms with van der Waals surface area (Å²) in [6.45, 7) is 2.15. The molecule has 0 unspecified atom stereocenters. The van der Waals surface area contributed by atoms with E-state index in [1.165, 1.54) is 4.90 Å². The van der Waals surface area contributed by atoms with Gasteiger partial charge in [0.25, 0.3) is 0 Å². The second kappa shape index (κ2) is 12.7. The summed E-state index contributed by atoms with van der Waals surface area (Å²) in [6, 6.07) is 24.3. The van der Waals surface area contributed by atoms with Crippen molar-refractivity contribution in [3.8, 4) is 0 Å². The van der Waals surface area contributed by atoms with E-state index in [4.69, 9.17) is 11.5 Å². The van der Waals surface area contributed by atoms with Crippen LogP contribution in [0, 0.1) is 0 Å². The number of carbonyl (C=O) groups excluding carboxylic acids is 2. The number of rotatable bonds is 12. The molecule has 0 bridgehead atoms. The smallest absolute Gasteiger partial charge is 0.326 e. The van der Waals surface area contributed by atoms with E-state index in [2.05, 4.69) is 0 Å². The van der Waals surface area contributed by atoms with Crippen LogP contribution in [0.25, 0.3) is 0 Å². The van der Waals surface area contributed by atoms with Crippen LogP contribution in [-0.4, -0.2) is 40.4 Å². The molecule has 0 fully saturated rings.